The zero-order valence-corrected chi connectivity index (χ0v) is 13.2. The van der Waals surface area contributed by atoms with E-state index in [1.807, 2.05) is 6.92 Å². The van der Waals surface area contributed by atoms with Crippen molar-refractivity contribution in [2.45, 2.75) is 29.2 Å². The average molecular weight is 334 g/mol. The van der Waals surface area contributed by atoms with Crippen LogP contribution in [0.5, 0.6) is 0 Å². The molecule has 0 aliphatic carbocycles. The molecule has 21 heavy (non-hydrogen) atoms. The largest absolute Gasteiger partial charge is 0.378 e. The lowest BCUT2D eigenvalue weighted by atomic mass is 10.0. The van der Waals surface area contributed by atoms with Crippen molar-refractivity contribution in [3.8, 4) is 0 Å². The van der Waals surface area contributed by atoms with Gasteiger partial charge in [-0.25, -0.2) is 26.7 Å². The van der Waals surface area contributed by atoms with E-state index in [-0.39, 0.29) is 28.4 Å². The summed E-state index contributed by atoms with van der Waals surface area (Å²) in [6, 6.07) is 4.97. The first-order valence-corrected chi connectivity index (χ1v) is 9.47. The van der Waals surface area contributed by atoms with Gasteiger partial charge in [0.05, 0.1) is 15.9 Å². The van der Waals surface area contributed by atoms with Gasteiger partial charge < -0.3 is 4.74 Å². The summed E-state index contributed by atoms with van der Waals surface area (Å²) in [4.78, 5) is -0.358. The second kappa shape index (κ2) is 6.01. The molecule has 0 spiro atoms. The second-order valence-electron chi connectivity index (χ2n) is 5.00. The lowest BCUT2D eigenvalue weighted by Gasteiger charge is -2.15. The predicted octanol–water partition coefficient (Wildman–Crippen LogP) is 0.0373. The number of nitrogens with two attached hydrogens (primary N) is 1. The van der Waals surface area contributed by atoms with Gasteiger partial charge in [0.1, 0.15) is 0 Å². The van der Waals surface area contributed by atoms with E-state index >= 15 is 0 Å². The van der Waals surface area contributed by atoms with Crippen molar-refractivity contribution in [1.29, 1.82) is 0 Å². The Kier molecular flexibility index (Phi) is 4.69. The van der Waals surface area contributed by atoms with Gasteiger partial charge in [-0.1, -0.05) is 6.07 Å². The zero-order chi connectivity index (χ0) is 15.7. The highest BCUT2D eigenvalue weighted by atomic mass is 32.2. The van der Waals surface area contributed by atoms with Gasteiger partial charge in [0, 0.05) is 19.1 Å². The van der Waals surface area contributed by atoms with Crippen LogP contribution in [0, 0.1) is 5.92 Å². The summed E-state index contributed by atoms with van der Waals surface area (Å²) in [5, 5.41) is 5.00. The number of primary sulfonamides is 1. The summed E-state index contributed by atoms with van der Waals surface area (Å²) in [6.45, 7) is 2.77. The molecule has 0 aromatic heterocycles. The zero-order valence-electron chi connectivity index (χ0n) is 11.5. The van der Waals surface area contributed by atoms with E-state index in [4.69, 9.17) is 9.88 Å². The number of ether oxygens (including phenoxy) is 1. The molecule has 1 aliphatic heterocycles. The molecule has 0 saturated carbocycles. The van der Waals surface area contributed by atoms with Crippen LogP contribution < -0.4 is 9.86 Å². The van der Waals surface area contributed by atoms with Crippen LogP contribution in [-0.2, 0) is 24.8 Å². The molecule has 0 amide bonds. The normalized spacial score (nSPS) is 23.3. The third-order valence-electron chi connectivity index (χ3n) is 3.51. The van der Waals surface area contributed by atoms with Crippen molar-refractivity contribution in [2.75, 3.05) is 13.2 Å². The Morgan fingerprint density at radius 1 is 1.29 bits per heavy atom. The maximum absolute atomic E-state index is 12.2. The fourth-order valence-electron chi connectivity index (χ4n) is 2.16. The average Bonchev–Trinajstić information content (AvgIpc) is 2.81. The van der Waals surface area contributed by atoms with Gasteiger partial charge in [-0.15, -0.1) is 0 Å². The van der Waals surface area contributed by atoms with E-state index in [1.54, 1.807) is 0 Å². The molecule has 2 atom stereocenters. The lowest BCUT2D eigenvalue weighted by Crippen LogP contribution is -2.32. The Labute approximate surface area is 124 Å². The minimum Gasteiger partial charge on any atom is -0.378 e. The first-order chi connectivity index (χ1) is 9.70. The molecule has 1 aliphatic rings. The summed E-state index contributed by atoms with van der Waals surface area (Å²) in [5.41, 5.74) is 0. The molecule has 1 aromatic carbocycles. The van der Waals surface area contributed by atoms with Crippen molar-refractivity contribution >= 4 is 20.0 Å². The number of hydrogen-bond donors (Lipinski definition) is 2. The Morgan fingerprint density at radius 3 is 2.52 bits per heavy atom. The van der Waals surface area contributed by atoms with Gasteiger partial charge in [0.2, 0.25) is 20.0 Å². The van der Waals surface area contributed by atoms with E-state index in [2.05, 4.69) is 4.72 Å². The van der Waals surface area contributed by atoms with E-state index in [1.165, 1.54) is 18.2 Å². The monoisotopic (exact) mass is 334 g/mol. The van der Waals surface area contributed by atoms with Crippen LogP contribution in [0.4, 0.5) is 0 Å². The maximum Gasteiger partial charge on any atom is 0.240 e. The summed E-state index contributed by atoms with van der Waals surface area (Å²) < 4.78 is 54.8. The second-order valence-corrected chi connectivity index (χ2v) is 8.32. The van der Waals surface area contributed by atoms with Crippen LogP contribution >= 0.6 is 0 Å². The number of sulfonamides is 2. The SMILES string of the molecule is CC1OCCC1CNS(=O)(=O)c1cccc(S(N)(=O)=O)c1. The Hall–Kier alpha value is -1.00. The van der Waals surface area contributed by atoms with Crippen LogP contribution in [0.15, 0.2) is 34.1 Å². The molecule has 1 aromatic rings. The fraction of sp³-hybridized carbons (Fsp3) is 0.500. The van der Waals surface area contributed by atoms with Crippen LogP contribution in [0.25, 0.3) is 0 Å². The highest BCUT2D eigenvalue weighted by Gasteiger charge is 2.26. The van der Waals surface area contributed by atoms with Crippen LogP contribution in [0.2, 0.25) is 0 Å². The molecule has 1 saturated heterocycles. The van der Waals surface area contributed by atoms with Gasteiger partial charge in [0.15, 0.2) is 0 Å². The quantitative estimate of drug-likeness (QED) is 0.788. The van der Waals surface area contributed by atoms with Crippen LogP contribution in [0.3, 0.4) is 0 Å². The number of rotatable bonds is 5. The molecule has 0 radical (unpaired) electrons. The Balaban J connectivity index is 2.16. The third kappa shape index (κ3) is 4.01. The van der Waals surface area contributed by atoms with Gasteiger partial charge >= 0.3 is 0 Å². The minimum atomic E-state index is -3.94. The maximum atomic E-state index is 12.2. The van der Waals surface area contributed by atoms with E-state index < -0.39 is 20.0 Å². The van der Waals surface area contributed by atoms with Crippen molar-refractivity contribution in [3.05, 3.63) is 24.3 Å². The molecule has 0 bridgehead atoms. The molecule has 3 N–H and O–H groups in total. The smallest absolute Gasteiger partial charge is 0.240 e. The van der Waals surface area contributed by atoms with Gasteiger partial charge in [-0.2, -0.15) is 0 Å². The van der Waals surface area contributed by atoms with Gasteiger partial charge in [-0.3, -0.25) is 0 Å². The first kappa shape index (κ1) is 16.4. The molecular weight excluding hydrogens is 316 g/mol. The highest BCUT2D eigenvalue weighted by molar-refractivity contribution is 7.90. The van der Waals surface area contributed by atoms with Gasteiger partial charge in [0.25, 0.3) is 0 Å². The Morgan fingerprint density at radius 2 is 1.95 bits per heavy atom. The molecule has 1 fully saturated rings. The van der Waals surface area contributed by atoms with Crippen LogP contribution in [-0.4, -0.2) is 36.1 Å². The molecule has 7 nitrogen and oxygen atoms in total. The fourth-order valence-corrected chi connectivity index (χ4v) is 3.94. The van der Waals surface area contributed by atoms with Crippen molar-refractivity contribution in [3.63, 3.8) is 0 Å². The number of hydrogen-bond acceptors (Lipinski definition) is 5. The predicted molar refractivity (Wildman–Crippen MR) is 76.5 cm³/mol. The van der Waals surface area contributed by atoms with Crippen molar-refractivity contribution in [2.24, 2.45) is 11.1 Å². The standard InChI is InChI=1S/C12H18N2O5S2/c1-9-10(5-6-19-9)8-14-21(17,18)12-4-2-3-11(7-12)20(13,15)16/h2-4,7,9-10,14H,5-6,8H2,1H3,(H2,13,15,16). The van der Waals surface area contributed by atoms with Gasteiger partial charge in [-0.05, 0) is 31.5 Å². The summed E-state index contributed by atoms with van der Waals surface area (Å²) >= 11 is 0. The molecule has 1 heterocycles. The number of nitrogens with one attached hydrogen (secondary N) is 1. The molecule has 9 heteroatoms. The summed E-state index contributed by atoms with van der Waals surface area (Å²) in [5.74, 6) is 0.112. The topological polar surface area (TPSA) is 116 Å². The first-order valence-electron chi connectivity index (χ1n) is 6.44. The molecule has 118 valence electrons. The van der Waals surface area contributed by atoms with E-state index in [0.717, 1.165) is 12.5 Å². The van der Waals surface area contributed by atoms with E-state index in [0.29, 0.717) is 6.61 Å². The van der Waals surface area contributed by atoms with Crippen molar-refractivity contribution < 1.29 is 21.6 Å². The Bertz CT molecular complexity index is 715. The number of benzene rings is 1. The minimum absolute atomic E-state index is 0.00320. The molecule has 2 rings (SSSR count). The van der Waals surface area contributed by atoms with Crippen LogP contribution in [0.1, 0.15) is 13.3 Å². The molecular formula is C12H18N2O5S2. The van der Waals surface area contributed by atoms with E-state index in [9.17, 15) is 16.8 Å². The summed E-state index contributed by atoms with van der Waals surface area (Å²) in [7, 11) is -7.72. The lowest BCUT2D eigenvalue weighted by molar-refractivity contribution is 0.107. The molecule has 2 unspecified atom stereocenters. The third-order valence-corrected chi connectivity index (χ3v) is 5.85. The summed E-state index contributed by atoms with van der Waals surface area (Å²) in [6.07, 6.45) is 0.796. The van der Waals surface area contributed by atoms with Crippen molar-refractivity contribution in [1.82, 2.24) is 4.72 Å². The highest BCUT2D eigenvalue weighted by Crippen LogP contribution is 2.20.